The third-order valence-electron chi connectivity index (χ3n) is 15.5. The van der Waals surface area contributed by atoms with Crippen molar-refractivity contribution >= 4 is 38.9 Å². The molecule has 0 unspecified atom stereocenters. The summed E-state index contributed by atoms with van der Waals surface area (Å²) in [6.07, 6.45) is 0. The van der Waals surface area contributed by atoms with Gasteiger partial charge in [0.2, 0.25) is 0 Å². The summed E-state index contributed by atoms with van der Waals surface area (Å²) < 4.78 is 2.52. The van der Waals surface area contributed by atoms with Gasteiger partial charge in [-0.25, -0.2) is 0 Å². The zero-order chi connectivity index (χ0) is 49.7. The molecule has 2 nitrogen and oxygen atoms in total. The summed E-state index contributed by atoms with van der Waals surface area (Å²) in [7, 11) is 0. The number of rotatable bonds is 10. The van der Waals surface area contributed by atoms with Crippen molar-refractivity contribution in [3.05, 3.63) is 326 Å². The quantitative estimate of drug-likeness (QED) is 0.133. The molecule has 75 heavy (non-hydrogen) atoms. The lowest BCUT2D eigenvalue weighted by molar-refractivity contribution is 0.768. The van der Waals surface area contributed by atoms with E-state index < -0.39 is 5.41 Å². The number of fused-ring (bicyclic) bond motifs is 6. The van der Waals surface area contributed by atoms with E-state index in [9.17, 15) is 0 Å². The molecular formula is C73H50N2. The molecule has 0 radical (unpaired) electrons. The highest BCUT2D eigenvalue weighted by Gasteiger charge is 2.47. The van der Waals surface area contributed by atoms with Crippen LogP contribution < -0.4 is 4.90 Å². The van der Waals surface area contributed by atoms with E-state index in [0.29, 0.717) is 0 Å². The molecule has 0 spiro atoms. The first-order valence-corrected chi connectivity index (χ1v) is 25.9. The SMILES string of the molecule is c1ccc(-c2ccc(-c3ccc(N(c4ccccc4)c4cccc(-c5ccc(-c6ccc7c8ccccc8n(-c8cccc9c8-c8ccccc8C9(c8ccccc8)c8ccccc8)c7c6)cc5)c4)cc3)cc2)cc1. The first kappa shape index (κ1) is 44.0. The Kier molecular flexibility index (Phi) is 10.8. The topological polar surface area (TPSA) is 8.17 Å². The van der Waals surface area contributed by atoms with E-state index in [-0.39, 0.29) is 0 Å². The van der Waals surface area contributed by atoms with Gasteiger partial charge < -0.3 is 9.47 Å². The van der Waals surface area contributed by atoms with Gasteiger partial charge >= 0.3 is 0 Å². The fraction of sp³-hybridized carbons (Fsp3) is 0.0137. The maximum atomic E-state index is 2.52. The highest BCUT2D eigenvalue weighted by atomic mass is 15.1. The molecule has 2 heteroatoms. The third-order valence-corrected chi connectivity index (χ3v) is 15.5. The fourth-order valence-electron chi connectivity index (χ4n) is 12.1. The Hall–Kier alpha value is -9.76. The number of hydrogen-bond acceptors (Lipinski definition) is 1. The maximum Gasteiger partial charge on any atom is 0.0714 e. The lowest BCUT2D eigenvalue weighted by Crippen LogP contribution is -2.28. The van der Waals surface area contributed by atoms with Crippen molar-refractivity contribution in [1.29, 1.82) is 0 Å². The number of para-hydroxylation sites is 2. The molecule has 14 rings (SSSR count). The highest BCUT2D eigenvalue weighted by Crippen LogP contribution is 2.58. The highest BCUT2D eigenvalue weighted by molar-refractivity contribution is 6.11. The van der Waals surface area contributed by atoms with E-state index in [1.165, 1.54) is 94.3 Å². The molecule has 13 aromatic rings. The molecule has 0 atom stereocenters. The van der Waals surface area contributed by atoms with Crippen LogP contribution in [0.4, 0.5) is 17.1 Å². The normalized spacial score (nSPS) is 12.4. The van der Waals surface area contributed by atoms with Crippen LogP contribution in [-0.4, -0.2) is 4.57 Å². The summed E-state index contributed by atoms with van der Waals surface area (Å²) in [5.74, 6) is 0. The number of hydrogen-bond donors (Lipinski definition) is 0. The van der Waals surface area contributed by atoms with Crippen molar-refractivity contribution in [3.63, 3.8) is 0 Å². The molecule has 0 saturated carbocycles. The average molecular weight is 955 g/mol. The molecule has 0 bridgehead atoms. The maximum absolute atomic E-state index is 2.52. The van der Waals surface area contributed by atoms with Crippen LogP contribution in [0.1, 0.15) is 22.3 Å². The minimum Gasteiger partial charge on any atom is -0.310 e. The summed E-state index contributed by atoms with van der Waals surface area (Å²) in [5.41, 5.74) is 23.5. The first-order chi connectivity index (χ1) is 37.2. The van der Waals surface area contributed by atoms with Gasteiger partial charge in [0.1, 0.15) is 0 Å². The van der Waals surface area contributed by atoms with Gasteiger partial charge in [-0.1, -0.05) is 249 Å². The van der Waals surface area contributed by atoms with Crippen LogP contribution in [-0.2, 0) is 5.41 Å². The van der Waals surface area contributed by atoms with Crippen LogP contribution in [0.5, 0.6) is 0 Å². The molecule has 0 saturated heterocycles. The van der Waals surface area contributed by atoms with Crippen LogP contribution in [0, 0.1) is 0 Å². The molecule has 0 fully saturated rings. The Labute approximate surface area is 438 Å². The summed E-state index contributed by atoms with van der Waals surface area (Å²) in [5, 5.41) is 2.48. The van der Waals surface area contributed by atoms with E-state index in [0.717, 1.165) is 28.2 Å². The molecule has 1 aliphatic rings. The second-order valence-corrected chi connectivity index (χ2v) is 19.6. The molecule has 1 heterocycles. The van der Waals surface area contributed by atoms with Crippen molar-refractivity contribution in [1.82, 2.24) is 4.57 Å². The zero-order valence-electron chi connectivity index (χ0n) is 41.3. The molecular weight excluding hydrogens is 905 g/mol. The van der Waals surface area contributed by atoms with Crippen LogP contribution in [0.15, 0.2) is 303 Å². The van der Waals surface area contributed by atoms with Crippen molar-refractivity contribution in [2.24, 2.45) is 0 Å². The van der Waals surface area contributed by atoms with Gasteiger partial charge in [0.05, 0.1) is 22.1 Å². The summed E-state index contributed by atoms with van der Waals surface area (Å²) in [6, 6.07) is 111. The van der Waals surface area contributed by atoms with Crippen LogP contribution in [0.2, 0.25) is 0 Å². The molecule has 1 aromatic heterocycles. The molecule has 1 aliphatic carbocycles. The Morgan fingerprint density at radius 1 is 0.267 bits per heavy atom. The number of aromatic nitrogens is 1. The van der Waals surface area contributed by atoms with Gasteiger partial charge in [-0.05, 0) is 127 Å². The lowest BCUT2D eigenvalue weighted by Gasteiger charge is -2.34. The Morgan fingerprint density at radius 2 is 0.693 bits per heavy atom. The van der Waals surface area contributed by atoms with Gasteiger partial charge in [-0.15, -0.1) is 0 Å². The van der Waals surface area contributed by atoms with Crippen molar-refractivity contribution in [2.75, 3.05) is 4.90 Å². The number of nitrogens with zero attached hydrogens (tertiary/aromatic N) is 2. The largest absolute Gasteiger partial charge is 0.310 e. The molecule has 0 N–H and O–H groups in total. The molecule has 0 aliphatic heterocycles. The van der Waals surface area contributed by atoms with E-state index in [4.69, 9.17) is 0 Å². The second-order valence-electron chi connectivity index (χ2n) is 19.6. The van der Waals surface area contributed by atoms with Gasteiger partial charge in [-0.3, -0.25) is 0 Å². The molecule has 12 aromatic carbocycles. The lowest BCUT2D eigenvalue weighted by atomic mass is 9.68. The average Bonchev–Trinajstić information content (AvgIpc) is 4.01. The standard InChI is InChI=1S/C73H50N2/c1-5-19-51(20-6-1)52-35-37-53(38-36-52)54-43-46-62(47-44-54)74(61-26-11-4-12-27-61)63-28-17-21-57(49-63)55-39-41-56(42-40-55)58-45-48-65-64-29-14-16-33-69(64)75(71(65)50-58)70-34-18-32-68-72(70)66-30-13-15-31-67(66)73(68,59-22-7-2-8-23-59)60-24-9-3-10-25-60/h1-50H. The van der Waals surface area contributed by atoms with Crippen molar-refractivity contribution < 1.29 is 0 Å². The van der Waals surface area contributed by atoms with E-state index in [1.54, 1.807) is 0 Å². The Morgan fingerprint density at radius 3 is 1.35 bits per heavy atom. The summed E-state index contributed by atoms with van der Waals surface area (Å²) in [4.78, 5) is 2.35. The van der Waals surface area contributed by atoms with Gasteiger partial charge in [-0.2, -0.15) is 0 Å². The monoisotopic (exact) mass is 954 g/mol. The van der Waals surface area contributed by atoms with E-state index in [1.807, 2.05) is 0 Å². The van der Waals surface area contributed by atoms with Crippen molar-refractivity contribution in [2.45, 2.75) is 5.41 Å². The molecule has 352 valence electrons. The summed E-state index contributed by atoms with van der Waals surface area (Å²) >= 11 is 0. The van der Waals surface area contributed by atoms with Crippen LogP contribution in [0.25, 0.3) is 83.1 Å². The van der Waals surface area contributed by atoms with Crippen LogP contribution in [0.3, 0.4) is 0 Å². The van der Waals surface area contributed by atoms with E-state index in [2.05, 4.69) is 313 Å². The van der Waals surface area contributed by atoms with Crippen LogP contribution >= 0.6 is 0 Å². The minimum atomic E-state index is -0.488. The van der Waals surface area contributed by atoms with Crippen molar-refractivity contribution in [3.8, 4) is 61.3 Å². The first-order valence-electron chi connectivity index (χ1n) is 25.9. The van der Waals surface area contributed by atoms with Gasteiger partial charge in [0.15, 0.2) is 0 Å². The van der Waals surface area contributed by atoms with Gasteiger partial charge in [0.25, 0.3) is 0 Å². The fourth-order valence-corrected chi connectivity index (χ4v) is 12.1. The third kappa shape index (κ3) is 7.41. The Bertz CT molecular complexity index is 4140. The summed E-state index contributed by atoms with van der Waals surface area (Å²) in [6.45, 7) is 0. The molecule has 0 amide bonds. The van der Waals surface area contributed by atoms with E-state index >= 15 is 0 Å². The van der Waals surface area contributed by atoms with Gasteiger partial charge in [0, 0.05) is 33.4 Å². The number of anilines is 3. The predicted molar refractivity (Wildman–Crippen MR) is 315 cm³/mol. The number of benzene rings is 12. The minimum absolute atomic E-state index is 0.488. The smallest absolute Gasteiger partial charge is 0.0714 e. The predicted octanol–water partition coefficient (Wildman–Crippen LogP) is 19.3. The second kappa shape index (κ2) is 18.4. The zero-order valence-corrected chi connectivity index (χ0v) is 41.3. The Balaban J connectivity index is 0.826.